The van der Waals surface area contributed by atoms with Gasteiger partial charge >= 0.3 is 0 Å². The van der Waals surface area contributed by atoms with Crippen LogP contribution in [0.5, 0.6) is 0 Å². The average molecular weight is 238 g/mol. The first-order valence-electron chi connectivity index (χ1n) is 5.50. The summed E-state index contributed by atoms with van der Waals surface area (Å²) in [6, 6.07) is 2.13. The van der Waals surface area contributed by atoms with Crippen molar-refractivity contribution in [2.45, 2.75) is 44.7 Å². The molecule has 0 bridgehead atoms. The molecule has 2 rings (SSSR count). The molecule has 4 heteroatoms. The van der Waals surface area contributed by atoms with Gasteiger partial charge in [0.2, 0.25) is 0 Å². The van der Waals surface area contributed by atoms with E-state index in [1.165, 1.54) is 11.3 Å². The first kappa shape index (κ1) is 11.4. The molecule has 0 fully saturated rings. The predicted octanol–water partition coefficient (Wildman–Crippen LogP) is 3.15. The maximum Gasteiger partial charge on any atom is 0.110 e. The molecule has 1 heterocycles. The molecule has 1 aromatic rings. The van der Waals surface area contributed by atoms with Gasteiger partial charge in [-0.25, -0.2) is 4.39 Å². The quantitative estimate of drug-likeness (QED) is 0.817. The molecule has 0 saturated carbocycles. The summed E-state index contributed by atoms with van der Waals surface area (Å²) in [5.74, 6) is 0. The Hall–Kier alpha value is -1.08. The number of fused-ring (bicyclic) bond motifs is 1. The molecule has 0 saturated heterocycles. The molecular formula is C12H15FN2S. The van der Waals surface area contributed by atoms with E-state index in [0.29, 0.717) is 29.8 Å². The van der Waals surface area contributed by atoms with E-state index < -0.39 is 11.6 Å². The van der Waals surface area contributed by atoms with Crippen molar-refractivity contribution >= 4 is 16.3 Å². The number of nitriles is 1. The Balaban J connectivity index is 2.67. The molecule has 0 aliphatic heterocycles. The fourth-order valence-electron chi connectivity index (χ4n) is 2.52. The molecule has 2 unspecified atom stereocenters. The van der Waals surface area contributed by atoms with Crippen LogP contribution in [-0.2, 0) is 11.8 Å². The fourth-order valence-corrected chi connectivity index (χ4v) is 3.69. The molecule has 0 radical (unpaired) electrons. The van der Waals surface area contributed by atoms with Crippen LogP contribution in [0.4, 0.5) is 9.39 Å². The maximum atomic E-state index is 14.1. The number of anilines is 1. The lowest BCUT2D eigenvalue weighted by Gasteiger charge is -2.36. The van der Waals surface area contributed by atoms with Gasteiger partial charge in [-0.2, -0.15) is 5.26 Å². The first-order chi connectivity index (χ1) is 7.54. The number of hydrogen-bond donors (Lipinski definition) is 1. The summed E-state index contributed by atoms with van der Waals surface area (Å²) >= 11 is 1.45. The van der Waals surface area contributed by atoms with Gasteiger partial charge < -0.3 is 5.73 Å². The SMILES string of the molecule is CCC1(C)c2c(sc(N)c2C#N)CCC1F. The molecule has 16 heavy (non-hydrogen) atoms. The van der Waals surface area contributed by atoms with Gasteiger partial charge in [-0.15, -0.1) is 11.3 Å². The Morgan fingerprint density at radius 3 is 2.94 bits per heavy atom. The standard InChI is InChI=1S/C12H15FN2S/c1-3-12(2)9(13)5-4-8-10(12)7(6-14)11(15)16-8/h9H,3-5,15H2,1-2H3. The molecule has 1 aromatic heterocycles. The zero-order valence-electron chi connectivity index (χ0n) is 9.51. The van der Waals surface area contributed by atoms with E-state index in [-0.39, 0.29) is 0 Å². The van der Waals surface area contributed by atoms with Crippen LogP contribution in [0.3, 0.4) is 0 Å². The van der Waals surface area contributed by atoms with Gasteiger partial charge in [0.25, 0.3) is 0 Å². The topological polar surface area (TPSA) is 49.8 Å². The third-order valence-electron chi connectivity index (χ3n) is 3.74. The van der Waals surface area contributed by atoms with Crippen molar-refractivity contribution in [2.24, 2.45) is 0 Å². The van der Waals surface area contributed by atoms with E-state index in [1.54, 1.807) is 0 Å². The Morgan fingerprint density at radius 2 is 2.38 bits per heavy atom. The zero-order chi connectivity index (χ0) is 11.9. The largest absolute Gasteiger partial charge is 0.389 e. The van der Waals surface area contributed by atoms with Crippen LogP contribution in [0.15, 0.2) is 0 Å². The Labute approximate surface area is 98.9 Å². The van der Waals surface area contributed by atoms with E-state index in [1.807, 2.05) is 13.8 Å². The number of rotatable bonds is 1. The third kappa shape index (κ3) is 1.35. The number of nitrogen functional groups attached to an aromatic ring is 1. The molecule has 0 aromatic carbocycles. The Morgan fingerprint density at radius 1 is 1.69 bits per heavy atom. The van der Waals surface area contributed by atoms with Gasteiger partial charge in [-0.05, 0) is 24.8 Å². The van der Waals surface area contributed by atoms with Crippen molar-refractivity contribution in [3.05, 3.63) is 16.0 Å². The van der Waals surface area contributed by atoms with Gasteiger partial charge in [0.1, 0.15) is 17.2 Å². The summed E-state index contributed by atoms with van der Waals surface area (Å²) in [7, 11) is 0. The van der Waals surface area contributed by atoms with Gasteiger partial charge in [0.15, 0.2) is 0 Å². The van der Waals surface area contributed by atoms with E-state index in [4.69, 9.17) is 11.0 Å². The van der Waals surface area contributed by atoms with E-state index in [0.717, 1.165) is 10.4 Å². The highest BCUT2D eigenvalue weighted by molar-refractivity contribution is 7.16. The summed E-state index contributed by atoms with van der Waals surface area (Å²) in [5, 5.41) is 9.67. The lowest BCUT2D eigenvalue weighted by atomic mass is 9.69. The summed E-state index contributed by atoms with van der Waals surface area (Å²) < 4.78 is 14.1. The van der Waals surface area contributed by atoms with Gasteiger partial charge in [-0.3, -0.25) is 0 Å². The highest BCUT2D eigenvalue weighted by atomic mass is 32.1. The van der Waals surface area contributed by atoms with Crippen molar-refractivity contribution in [3.63, 3.8) is 0 Å². The summed E-state index contributed by atoms with van der Waals surface area (Å²) in [6.07, 6.45) is 1.09. The molecule has 0 spiro atoms. The second kappa shape index (κ2) is 3.74. The minimum Gasteiger partial charge on any atom is -0.389 e. The zero-order valence-corrected chi connectivity index (χ0v) is 10.3. The highest BCUT2D eigenvalue weighted by Crippen LogP contribution is 2.48. The number of nitrogens with two attached hydrogens (primary N) is 1. The van der Waals surface area contributed by atoms with E-state index in [2.05, 4.69) is 6.07 Å². The minimum absolute atomic E-state index is 0.506. The lowest BCUT2D eigenvalue weighted by molar-refractivity contribution is 0.171. The minimum atomic E-state index is -0.869. The van der Waals surface area contributed by atoms with Gasteiger partial charge in [-0.1, -0.05) is 13.8 Å². The predicted molar refractivity (Wildman–Crippen MR) is 64.3 cm³/mol. The van der Waals surface area contributed by atoms with Crippen LogP contribution in [0.1, 0.15) is 42.7 Å². The first-order valence-corrected chi connectivity index (χ1v) is 6.32. The molecular weight excluding hydrogens is 223 g/mol. The number of hydrogen-bond acceptors (Lipinski definition) is 3. The van der Waals surface area contributed by atoms with E-state index >= 15 is 0 Å². The number of thiophene rings is 1. The number of nitrogens with zero attached hydrogens (tertiary/aromatic N) is 1. The number of aryl methyl sites for hydroxylation is 1. The number of alkyl halides is 1. The molecule has 2 N–H and O–H groups in total. The van der Waals surface area contributed by atoms with Crippen LogP contribution in [0, 0.1) is 11.3 Å². The van der Waals surface area contributed by atoms with Gasteiger partial charge in [0.05, 0.1) is 5.56 Å². The van der Waals surface area contributed by atoms with Crippen molar-refractivity contribution < 1.29 is 4.39 Å². The van der Waals surface area contributed by atoms with Crippen LogP contribution in [-0.4, -0.2) is 6.17 Å². The van der Waals surface area contributed by atoms with Crippen molar-refractivity contribution in [2.75, 3.05) is 5.73 Å². The third-order valence-corrected chi connectivity index (χ3v) is 4.82. The molecule has 2 atom stereocenters. The molecule has 1 aliphatic carbocycles. The molecule has 86 valence electrons. The molecule has 1 aliphatic rings. The van der Waals surface area contributed by atoms with Crippen molar-refractivity contribution in [3.8, 4) is 6.07 Å². The van der Waals surface area contributed by atoms with Crippen LogP contribution in [0.25, 0.3) is 0 Å². The summed E-state index contributed by atoms with van der Waals surface area (Å²) in [4.78, 5) is 1.10. The number of halogens is 1. The maximum absolute atomic E-state index is 14.1. The normalized spacial score (nSPS) is 28.5. The molecule has 0 amide bonds. The summed E-state index contributed by atoms with van der Waals surface area (Å²) in [6.45, 7) is 3.87. The Kier molecular flexibility index (Phi) is 2.67. The second-order valence-electron chi connectivity index (χ2n) is 4.53. The van der Waals surface area contributed by atoms with Crippen LogP contribution in [0.2, 0.25) is 0 Å². The fraction of sp³-hybridized carbons (Fsp3) is 0.583. The van der Waals surface area contributed by atoms with Gasteiger partial charge in [0, 0.05) is 10.3 Å². The van der Waals surface area contributed by atoms with E-state index in [9.17, 15) is 4.39 Å². The summed E-state index contributed by atoms with van der Waals surface area (Å²) in [5.41, 5.74) is 6.67. The van der Waals surface area contributed by atoms with Crippen LogP contribution >= 0.6 is 11.3 Å². The lowest BCUT2D eigenvalue weighted by Crippen LogP contribution is -2.37. The monoisotopic (exact) mass is 238 g/mol. The smallest absolute Gasteiger partial charge is 0.110 e. The van der Waals surface area contributed by atoms with Crippen molar-refractivity contribution in [1.29, 1.82) is 5.26 Å². The Bertz CT molecular complexity index is 460. The molecule has 2 nitrogen and oxygen atoms in total. The van der Waals surface area contributed by atoms with Crippen molar-refractivity contribution in [1.82, 2.24) is 0 Å². The van der Waals surface area contributed by atoms with Crippen LogP contribution < -0.4 is 5.73 Å². The highest BCUT2D eigenvalue weighted by Gasteiger charge is 2.43. The average Bonchev–Trinajstić information content (AvgIpc) is 2.60. The second-order valence-corrected chi connectivity index (χ2v) is 5.67.